The predicted octanol–water partition coefficient (Wildman–Crippen LogP) is 2.74. The molecule has 140 valence electrons. The molecule has 5 nitrogen and oxygen atoms in total. The Hall–Kier alpha value is -1.85. The van der Waals surface area contributed by atoms with Crippen molar-refractivity contribution in [3.63, 3.8) is 0 Å². The van der Waals surface area contributed by atoms with Crippen LogP contribution in [0.2, 0.25) is 0 Å². The first-order valence-electron chi connectivity index (χ1n) is 10.0. The quantitative estimate of drug-likeness (QED) is 0.838. The van der Waals surface area contributed by atoms with Gasteiger partial charge in [0.25, 0.3) is 0 Å². The van der Waals surface area contributed by atoms with Gasteiger partial charge in [0.1, 0.15) is 5.82 Å². The highest BCUT2D eigenvalue weighted by Crippen LogP contribution is 2.20. The maximum Gasteiger partial charge on any atom is 0.124 e. The monoisotopic (exact) mass is 353 g/mol. The maximum atomic E-state index is 4.56. The van der Waals surface area contributed by atoms with E-state index in [0.29, 0.717) is 5.92 Å². The average molecular weight is 354 g/mol. The number of nitrogens with zero attached hydrogens (tertiary/aromatic N) is 3. The van der Waals surface area contributed by atoms with E-state index in [9.17, 15) is 0 Å². The highest BCUT2D eigenvalue weighted by Gasteiger charge is 2.21. The van der Waals surface area contributed by atoms with Gasteiger partial charge in [0.2, 0.25) is 0 Å². The number of aromatic nitrogens is 2. The van der Waals surface area contributed by atoms with Crippen molar-refractivity contribution in [3.8, 4) is 0 Å². The number of benzene rings is 1. The molecule has 1 saturated heterocycles. The molecule has 5 heteroatoms. The second-order valence-electron chi connectivity index (χ2n) is 7.96. The predicted molar refractivity (Wildman–Crippen MR) is 106 cm³/mol. The summed E-state index contributed by atoms with van der Waals surface area (Å²) in [6.45, 7) is 9.91. The summed E-state index contributed by atoms with van der Waals surface area (Å²) in [7, 11) is 0. The normalized spacial score (nSPS) is 21.3. The lowest BCUT2D eigenvalue weighted by molar-refractivity contribution is 0.174. The van der Waals surface area contributed by atoms with E-state index >= 15 is 0 Å². The van der Waals surface area contributed by atoms with Crippen molar-refractivity contribution in [2.24, 2.45) is 11.8 Å². The van der Waals surface area contributed by atoms with Gasteiger partial charge in [0.15, 0.2) is 0 Å². The number of likely N-dealkylation sites (tertiary alicyclic amines) is 1. The molecule has 3 heterocycles. The van der Waals surface area contributed by atoms with Crippen LogP contribution < -0.4 is 10.6 Å². The molecule has 2 N–H and O–H groups in total. The van der Waals surface area contributed by atoms with E-state index in [1.807, 2.05) is 0 Å². The third-order valence-electron chi connectivity index (χ3n) is 5.73. The summed E-state index contributed by atoms with van der Waals surface area (Å²) in [6, 6.07) is 13.0. The zero-order valence-corrected chi connectivity index (χ0v) is 15.8. The molecule has 2 aliphatic rings. The van der Waals surface area contributed by atoms with Gasteiger partial charge in [-0.1, -0.05) is 30.3 Å². The fourth-order valence-electron chi connectivity index (χ4n) is 4.20. The highest BCUT2D eigenvalue weighted by atomic mass is 15.3. The molecule has 26 heavy (non-hydrogen) atoms. The first-order chi connectivity index (χ1) is 12.8. The van der Waals surface area contributed by atoms with Crippen LogP contribution in [0.1, 0.15) is 24.1 Å². The van der Waals surface area contributed by atoms with E-state index in [1.165, 1.54) is 37.3 Å². The third-order valence-corrected chi connectivity index (χ3v) is 5.73. The summed E-state index contributed by atoms with van der Waals surface area (Å²) in [5, 5.41) is 11.8. The minimum absolute atomic E-state index is 0.625. The van der Waals surface area contributed by atoms with Crippen LogP contribution in [0.15, 0.2) is 36.4 Å². The number of piperidine rings is 1. The summed E-state index contributed by atoms with van der Waals surface area (Å²) < 4.78 is 2.12. The van der Waals surface area contributed by atoms with Crippen LogP contribution in [0, 0.1) is 18.8 Å². The third kappa shape index (κ3) is 4.46. The van der Waals surface area contributed by atoms with Crippen LogP contribution in [0.3, 0.4) is 0 Å². The molecular formula is C21H31N5. The van der Waals surface area contributed by atoms with Crippen molar-refractivity contribution in [3.05, 3.63) is 47.7 Å². The molecule has 2 aliphatic heterocycles. The van der Waals surface area contributed by atoms with Crippen LogP contribution in [0.4, 0.5) is 5.82 Å². The Kier molecular flexibility index (Phi) is 5.56. The zero-order valence-electron chi connectivity index (χ0n) is 15.8. The van der Waals surface area contributed by atoms with Crippen LogP contribution in [0.25, 0.3) is 0 Å². The van der Waals surface area contributed by atoms with Gasteiger partial charge < -0.3 is 10.6 Å². The minimum atomic E-state index is 0.625. The molecule has 1 aromatic carbocycles. The molecule has 0 spiro atoms. The van der Waals surface area contributed by atoms with Crippen molar-refractivity contribution in [2.45, 2.75) is 32.9 Å². The topological polar surface area (TPSA) is 45.1 Å². The number of aryl methyl sites for hydroxylation is 1. The van der Waals surface area contributed by atoms with Crippen LogP contribution in [-0.2, 0) is 13.1 Å². The van der Waals surface area contributed by atoms with Crippen molar-refractivity contribution in [1.82, 2.24) is 20.0 Å². The van der Waals surface area contributed by atoms with Crippen molar-refractivity contribution >= 4 is 5.82 Å². The minimum Gasteiger partial charge on any atom is -0.370 e. The Morgan fingerprint density at radius 3 is 2.69 bits per heavy atom. The number of hydrogen-bond donors (Lipinski definition) is 2. The lowest BCUT2D eigenvalue weighted by Gasteiger charge is -2.32. The Bertz CT molecular complexity index is 688. The molecule has 1 fully saturated rings. The fourth-order valence-corrected chi connectivity index (χ4v) is 4.20. The van der Waals surface area contributed by atoms with E-state index in [2.05, 4.69) is 68.6 Å². The average Bonchev–Trinajstić information content (AvgIpc) is 3.03. The number of fused-ring (bicyclic) bond motifs is 1. The number of hydrogen-bond acceptors (Lipinski definition) is 4. The maximum absolute atomic E-state index is 4.56. The molecule has 1 aromatic heterocycles. The summed E-state index contributed by atoms with van der Waals surface area (Å²) in [4.78, 5) is 2.60. The second kappa shape index (κ2) is 8.23. The van der Waals surface area contributed by atoms with E-state index in [4.69, 9.17) is 0 Å². The van der Waals surface area contributed by atoms with Crippen LogP contribution in [0.5, 0.6) is 0 Å². The Morgan fingerprint density at radius 1 is 1.12 bits per heavy atom. The molecule has 0 saturated carbocycles. The first-order valence-corrected chi connectivity index (χ1v) is 10.0. The Labute approximate surface area is 156 Å². The van der Waals surface area contributed by atoms with Gasteiger partial charge >= 0.3 is 0 Å². The summed E-state index contributed by atoms with van der Waals surface area (Å²) in [6.07, 6.45) is 2.62. The van der Waals surface area contributed by atoms with Gasteiger partial charge in [-0.2, -0.15) is 5.10 Å². The van der Waals surface area contributed by atoms with Crippen molar-refractivity contribution in [1.29, 1.82) is 0 Å². The molecule has 0 amide bonds. The lowest BCUT2D eigenvalue weighted by Crippen LogP contribution is -2.40. The second-order valence-corrected chi connectivity index (χ2v) is 7.96. The lowest BCUT2D eigenvalue weighted by atomic mass is 9.96. The molecule has 0 aliphatic carbocycles. The summed E-state index contributed by atoms with van der Waals surface area (Å²) in [5.41, 5.74) is 2.53. The molecule has 0 radical (unpaired) electrons. The van der Waals surface area contributed by atoms with E-state index in [1.54, 1.807) is 0 Å². The molecule has 0 unspecified atom stereocenters. The first kappa shape index (κ1) is 17.6. The van der Waals surface area contributed by atoms with Gasteiger partial charge in [-0.3, -0.25) is 4.90 Å². The Morgan fingerprint density at radius 2 is 1.88 bits per heavy atom. The molecule has 1 atom stereocenters. The summed E-state index contributed by atoms with van der Waals surface area (Å²) >= 11 is 0. The fraction of sp³-hybridized carbons (Fsp3) is 0.571. The highest BCUT2D eigenvalue weighted by molar-refractivity contribution is 5.38. The zero-order chi connectivity index (χ0) is 17.8. The SMILES string of the molecule is Cc1cc2n(n1)C[C@@H](CNCC1CCN(Cc3ccccc3)CC1)CN2. The smallest absolute Gasteiger partial charge is 0.124 e. The van der Waals surface area contributed by atoms with Crippen molar-refractivity contribution < 1.29 is 0 Å². The molecule has 2 aromatic rings. The molecular weight excluding hydrogens is 322 g/mol. The van der Waals surface area contributed by atoms with Gasteiger partial charge in [0, 0.05) is 38.2 Å². The van der Waals surface area contributed by atoms with Crippen LogP contribution >= 0.6 is 0 Å². The van der Waals surface area contributed by atoms with Gasteiger partial charge in [-0.05, 0) is 50.9 Å². The number of anilines is 1. The largest absolute Gasteiger partial charge is 0.370 e. The Balaban J connectivity index is 1.14. The molecule has 0 bridgehead atoms. The van der Waals surface area contributed by atoms with E-state index in [0.717, 1.165) is 44.3 Å². The standard InChI is InChI=1S/C21H31N5/c1-17-11-21-23-14-20(16-26(21)24-17)13-22-12-18-7-9-25(10-8-18)15-19-5-3-2-4-6-19/h2-6,11,18,20,22-23H,7-10,12-16H2,1H3/t20-/m0/s1. The van der Waals surface area contributed by atoms with Crippen LogP contribution in [-0.4, -0.2) is 47.4 Å². The van der Waals surface area contributed by atoms with Crippen molar-refractivity contribution in [2.75, 3.05) is 38.0 Å². The van der Waals surface area contributed by atoms with Gasteiger partial charge in [-0.25, -0.2) is 4.68 Å². The number of nitrogens with one attached hydrogen (secondary N) is 2. The van der Waals surface area contributed by atoms with E-state index in [-0.39, 0.29) is 0 Å². The summed E-state index contributed by atoms with van der Waals surface area (Å²) in [5.74, 6) is 2.62. The van der Waals surface area contributed by atoms with E-state index < -0.39 is 0 Å². The number of rotatable bonds is 6. The van der Waals surface area contributed by atoms with Gasteiger partial charge in [0.05, 0.1) is 5.69 Å². The molecule has 4 rings (SSSR count). The van der Waals surface area contributed by atoms with Gasteiger partial charge in [-0.15, -0.1) is 0 Å².